The number of aromatic nitrogens is 3. The summed E-state index contributed by atoms with van der Waals surface area (Å²) in [6.45, 7) is 3.72. The molecule has 2 amide bonds. The van der Waals surface area contributed by atoms with Gasteiger partial charge >= 0.3 is 23.5 Å². The van der Waals surface area contributed by atoms with Crippen LogP contribution in [0.1, 0.15) is 93.5 Å². The third kappa shape index (κ3) is 9.97. The predicted molar refractivity (Wildman–Crippen MR) is 164 cm³/mol. The number of nitrogens with zero attached hydrogens (tertiary/aromatic N) is 3. The predicted octanol–water partition coefficient (Wildman–Crippen LogP) is 3.38. The summed E-state index contributed by atoms with van der Waals surface area (Å²) in [6, 6.07) is 3.50. The van der Waals surface area contributed by atoms with Crippen LogP contribution in [-0.2, 0) is 30.4 Å². The molecule has 2 atom stereocenters. The van der Waals surface area contributed by atoms with E-state index in [1.54, 1.807) is 25.3 Å². The number of benzene rings is 1. The smallest absolute Gasteiger partial charge is 0.340 e. The number of aliphatic carboxylic acids is 3. The number of aryl methyl sites for hydroxylation is 1. The Hall–Kier alpha value is -5.08. The average molecular weight is 642 g/mol. The van der Waals surface area contributed by atoms with Crippen LogP contribution >= 0.6 is 0 Å². The summed E-state index contributed by atoms with van der Waals surface area (Å²) in [5.74, 6) is -3.62. The molecule has 6 N–H and O–H groups in total. The van der Waals surface area contributed by atoms with Crippen molar-refractivity contribution in [3.8, 4) is 0 Å². The standard InChI is InChI=1S/C26H30N4O7.C5H9NO3/c1-14(16-6-4-3-5-7-16)20-13-30(29-28-20)21(12-24(33)34)25(35)27-17-8-9-18-15(2)19(11-23(31)32)26(36)37-22(18)10-17;6-4(7)2-1-3-5(8)9/h8-10,13-14,16,21H,3-7,11-12H2,1-2H3,(H,27,35)(H,31,32)(H,33,34);1-3H2,(H2,6,7)(H,8,9). The first-order valence-corrected chi connectivity index (χ1v) is 15.0. The Balaban J connectivity index is 0.000000559. The number of carbonyl (C=O) groups excluding carboxylic acids is 2. The van der Waals surface area contributed by atoms with E-state index in [-0.39, 0.29) is 35.6 Å². The van der Waals surface area contributed by atoms with Gasteiger partial charge in [-0.2, -0.15) is 0 Å². The Morgan fingerprint density at radius 1 is 1.04 bits per heavy atom. The molecule has 0 spiro atoms. The first-order chi connectivity index (χ1) is 21.8. The SMILES string of the molecule is Cc1c(CC(=O)O)c(=O)oc2cc(NC(=O)C(CC(=O)O)n3cc(C(C)C4CCCCC4)nn3)ccc12.NC(=O)CCCC(=O)O. The summed E-state index contributed by atoms with van der Waals surface area (Å²) in [4.78, 5) is 67.9. The number of primary amides is 1. The lowest BCUT2D eigenvalue weighted by Gasteiger charge is -2.26. The van der Waals surface area contributed by atoms with E-state index in [2.05, 4.69) is 22.6 Å². The maximum Gasteiger partial charge on any atom is 0.340 e. The Kier molecular flexibility index (Phi) is 12.5. The van der Waals surface area contributed by atoms with Gasteiger partial charge in [0.1, 0.15) is 11.6 Å². The summed E-state index contributed by atoms with van der Waals surface area (Å²) in [5.41, 5.74) is 5.72. The quantitative estimate of drug-likeness (QED) is 0.169. The first-order valence-electron chi connectivity index (χ1n) is 15.0. The molecule has 15 nitrogen and oxygen atoms in total. The zero-order chi connectivity index (χ0) is 34.0. The molecular formula is C31H39N5O10. The fourth-order valence-corrected chi connectivity index (χ4v) is 5.47. The molecule has 46 heavy (non-hydrogen) atoms. The van der Waals surface area contributed by atoms with Crippen LogP contribution < -0.4 is 16.7 Å². The highest BCUT2D eigenvalue weighted by Crippen LogP contribution is 2.35. The fourth-order valence-electron chi connectivity index (χ4n) is 5.47. The Morgan fingerprint density at radius 2 is 1.74 bits per heavy atom. The van der Waals surface area contributed by atoms with Gasteiger partial charge in [-0.15, -0.1) is 5.10 Å². The highest BCUT2D eigenvalue weighted by atomic mass is 16.4. The number of hydrogen-bond donors (Lipinski definition) is 5. The van der Waals surface area contributed by atoms with Gasteiger partial charge in [0.15, 0.2) is 0 Å². The molecule has 2 unspecified atom stereocenters. The number of carboxylic acids is 3. The van der Waals surface area contributed by atoms with Gasteiger partial charge in [-0.1, -0.05) is 31.4 Å². The number of nitrogens with two attached hydrogens (primary N) is 1. The molecule has 1 saturated carbocycles. The van der Waals surface area contributed by atoms with E-state index < -0.39 is 54.2 Å². The first kappa shape index (κ1) is 35.4. The van der Waals surface area contributed by atoms with E-state index in [1.165, 1.54) is 30.0 Å². The van der Waals surface area contributed by atoms with Crippen molar-refractivity contribution in [2.75, 3.05) is 5.32 Å². The van der Waals surface area contributed by atoms with Crippen LogP contribution in [0, 0.1) is 12.8 Å². The number of amides is 2. The second kappa shape index (κ2) is 16.3. The molecule has 0 radical (unpaired) electrons. The Morgan fingerprint density at radius 3 is 2.35 bits per heavy atom. The van der Waals surface area contributed by atoms with Crippen molar-refractivity contribution in [1.29, 1.82) is 0 Å². The Labute approximate surface area is 263 Å². The fraction of sp³-hybridized carbons (Fsp3) is 0.484. The summed E-state index contributed by atoms with van der Waals surface area (Å²) in [7, 11) is 0. The van der Waals surface area contributed by atoms with Gasteiger partial charge in [-0.25, -0.2) is 9.48 Å². The molecule has 248 valence electrons. The number of rotatable bonds is 13. The molecule has 1 aromatic carbocycles. The van der Waals surface area contributed by atoms with E-state index in [4.69, 9.17) is 20.4 Å². The van der Waals surface area contributed by atoms with Crippen molar-refractivity contribution >= 4 is 46.4 Å². The maximum absolute atomic E-state index is 13.2. The van der Waals surface area contributed by atoms with Gasteiger partial charge < -0.3 is 30.8 Å². The van der Waals surface area contributed by atoms with Gasteiger partial charge in [0, 0.05) is 42.1 Å². The number of carbonyl (C=O) groups is 5. The number of anilines is 1. The molecule has 1 aliphatic rings. The second-order valence-corrected chi connectivity index (χ2v) is 11.4. The molecule has 2 heterocycles. The zero-order valence-corrected chi connectivity index (χ0v) is 25.7. The van der Waals surface area contributed by atoms with Crippen molar-refractivity contribution in [2.24, 2.45) is 11.7 Å². The number of fused-ring (bicyclic) bond motifs is 1. The van der Waals surface area contributed by atoms with E-state index in [1.807, 2.05) is 0 Å². The summed E-state index contributed by atoms with van der Waals surface area (Å²) in [5, 5.41) is 38.1. The normalized spacial score (nSPS) is 14.5. The number of hydrogen-bond acceptors (Lipinski definition) is 9. The average Bonchev–Trinajstić information content (AvgIpc) is 3.48. The minimum absolute atomic E-state index is 0.0168. The van der Waals surface area contributed by atoms with Gasteiger partial charge in [0.2, 0.25) is 11.8 Å². The highest BCUT2D eigenvalue weighted by molar-refractivity contribution is 5.97. The lowest BCUT2D eigenvalue weighted by Crippen LogP contribution is -2.28. The van der Waals surface area contributed by atoms with Crippen LogP contribution in [0.25, 0.3) is 11.0 Å². The van der Waals surface area contributed by atoms with Crippen molar-refractivity contribution in [3.63, 3.8) is 0 Å². The summed E-state index contributed by atoms with van der Waals surface area (Å²) in [6.07, 6.45) is 7.03. The van der Waals surface area contributed by atoms with Gasteiger partial charge in [0.25, 0.3) is 0 Å². The topological polar surface area (TPSA) is 245 Å². The summed E-state index contributed by atoms with van der Waals surface area (Å²) >= 11 is 0. The lowest BCUT2D eigenvalue weighted by molar-refractivity contribution is -0.140. The van der Waals surface area contributed by atoms with Crippen molar-refractivity contribution < 1.29 is 43.7 Å². The Bertz CT molecular complexity index is 1630. The van der Waals surface area contributed by atoms with Gasteiger partial charge in [-0.05, 0) is 49.8 Å². The molecule has 1 fully saturated rings. The molecule has 0 bridgehead atoms. The minimum atomic E-state index is -1.16. The third-order valence-electron chi connectivity index (χ3n) is 8.04. The van der Waals surface area contributed by atoms with Crippen LogP contribution in [0.4, 0.5) is 5.69 Å². The van der Waals surface area contributed by atoms with E-state index in [9.17, 15) is 33.9 Å². The molecule has 15 heteroatoms. The second-order valence-electron chi connectivity index (χ2n) is 11.4. The lowest BCUT2D eigenvalue weighted by atomic mass is 9.80. The zero-order valence-electron chi connectivity index (χ0n) is 25.7. The van der Waals surface area contributed by atoms with E-state index in [0.717, 1.165) is 18.5 Å². The largest absolute Gasteiger partial charge is 0.481 e. The van der Waals surface area contributed by atoms with E-state index in [0.29, 0.717) is 23.3 Å². The monoisotopic (exact) mass is 641 g/mol. The van der Waals surface area contributed by atoms with Crippen LogP contribution in [0.3, 0.4) is 0 Å². The van der Waals surface area contributed by atoms with Crippen molar-refractivity contribution in [2.45, 2.75) is 90.0 Å². The van der Waals surface area contributed by atoms with Crippen LogP contribution in [0.5, 0.6) is 0 Å². The molecule has 4 rings (SSSR count). The molecule has 2 aromatic heterocycles. The van der Waals surface area contributed by atoms with Crippen LogP contribution in [0.2, 0.25) is 0 Å². The van der Waals surface area contributed by atoms with Gasteiger partial charge in [-0.3, -0.25) is 24.0 Å². The van der Waals surface area contributed by atoms with Gasteiger partial charge in [0.05, 0.1) is 24.1 Å². The number of carboxylic acid groups (broad SMARTS) is 3. The van der Waals surface area contributed by atoms with Crippen molar-refractivity contribution in [1.82, 2.24) is 15.0 Å². The molecule has 1 aliphatic carbocycles. The van der Waals surface area contributed by atoms with Crippen LogP contribution in [-0.4, -0.2) is 60.0 Å². The third-order valence-corrected chi connectivity index (χ3v) is 8.04. The molecule has 3 aromatic rings. The van der Waals surface area contributed by atoms with E-state index >= 15 is 0 Å². The maximum atomic E-state index is 13.2. The number of nitrogens with one attached hydrogen (secondary N) is 1. The minimum Gasteiger partial charge on any atom is -0.481 e. The van der Waals surface area contributed by atoms with Crippen LogP contribution in [0.15, 0.2) is 33.6 Å². The molecule has 0 aliphatic heterocycles. The highest BCUT2D eigenvalue weighted by Gasteiger charge is 2.28. The molecule has 0 saturated heterocycles. The van der Waals surface area contributed by atoms with Crippen molar-refractivity contribution in [3.05, 3.63) is 51.6 Å². The molecular weight excluding hydrogens is 602 g/mol. The summed E-state index contributed by atoms with van der Waals surface area (Å²) < 4.78 is 6.60.